The fourth-order valence-electron chi connectivity index (χ4n) is 4.57. The molecule has 2 heteroatoms. The van der Waals surface area contributed by atoms with Crippen molar-refractivity contribution in [2.45, 2.75) is 24.4 Å². The van der Waals surface area contributed by atoms with Crippen LogP contribution in [0.3, 0.4) is 0 Å². The van der Waals surface area contributed by atoms with Crippen LogP contribution in [-0.2, 0) is 6.42 Å². The van der Waals surface area contributed by atoms with Gasteiger partial charge in [0.25, 0.3) is 0 Å². The Hall–Kier alpha value is -2.69. The number of aryl methyl sites for hydroxylation is 1. The third-order valence-corrected chi connectivity index (χ3v) is 13.5. The number of benzene rings is 4. The standard InChI is InChI=1S/C28H30Si2/c1-5-14-24(15-6-1)16-13-23-28(29-25-17-7-2-8-18-25)30(26-19-9-3-10-20-26)27-21-11-4-12-22-27/h1-12,14-15,17-22,28,30H,13,16,23,29H2. The summed E-state index contributed by atoms with van der Waals surface area (Å²) >= 11 is 0. The lowest BCUT2D eigenvalue weighted by Gasteiger charge is -2.27. The Morgan fingerprint density at radius 2 is 1.03 bits per heavy atom. The summed E-state index contributed by atoms with van der Waals surface area (Å²) in [5.41, 5.74) is 1.47. The smallest absolute Gasteiger partial charge is 0.0669 e. The zero-order valence-corrected chi connectivity index (χ0v) is 20.1. The topological polar surface area (TPSA) is 0 Å². The van der Waals surface area contributed by atoms with Gasteiger partial charge in [-0.2, -0.15) is 0 Å². The largest absolute Gasteiger partial charge is 0.103 e. The maximum Gasteiger partial charge on any atom is 0.103 e. The van der Waals surface area contributed by atoms with Crippen molar-refractivity contribution in [1.82, 2.24) is 0 Å². The number of hydrogen-bond acceptors (Lipinski definition) is 0. The molecule has 30 heavy (non-hydrogen) atoms. The van der Waals surface area contributed by atoms with Crippen molar-refractivity contribution in [3.63, 3.8) is 0 Å². The molecule has 0 aliphatic carbocycles. The summed E-state index contributed by atoms with van der Waals surface area (Å²) in [6.07, 6.45) is 3.79. The quantitative estimate of drug-likeness (QED) is 0.359. The van der Waals surface area contributed by atoms with E-state index in [1.165, 1.54) is 24.8 Å². The average Bonchev–Trinajstić information content (AvgIpc) is 2.82. The molecule has 0 amide bonds. The second-order valence-electron chi connectivity index (χ2n) is 8.13. The zero-order chi connectivity index (χ0) is 20.4. The molecule has 0 nitrogen and oxygen atoms in total. The van der Waals surface area contributed by atoms with Crippen molar-refractivity contribution in [3.05, 3.63) is 127 Å². The van der Waals surface area contributed by atoms with Crippen molar-refractivity contribution in [3.8, 4) is 0 Å². The van der Waals surface area contributed by atoms with Gasteiger partial charge < -0.3 is 0 Å². The highest BCUT2D eigenvalue weighted by Gasteiger charge is 2.27. The van der Waals surface area contributed by atoms with Gasteiger partial charge in [-0.3, -0.25) is 0 Å². The summed E-state index contributed by atoms with van der Waals surface area (Å²) in [5, 5.41) is 5.63. The Bertz CT molecular complexity index is 946. The number of hydrogen-bond donors (Lipinski definition) is 0. The fraction of sp³-hybridized carbons (Fsp3) is 0.143. The van der Waals surface area contributed by atoms with Gasteiger partial charge >= 0.3 is 0 Å². The molecular formula is C28H30Si2. The SMILES string of the molecule is c1ccc(CCCC([SiH2]c2ccccc2)[SiH](c2ccccc2)c2ccccc2)cc1. The van der Waals surface area contributed by atoms with Crippen LogP contribution in [-0.4, -0.2) is 18.3 Å². The second-order valence-corrected chi connectivity index (χ2v) is 14.6. The Morgan fingerprint density at radius 3 is 1.57 bits per heavy atom. The van der Waals surface area contributed by atoms with E-state index in [9.17, 15) is 0 Å². The Balaban J connectivity index is 1.62. The predicted molar refractivity (Wildman–Crippen MR) is 137 cm³/mol. The number of rotatable bonds is 9. The average molecular weight is 423 g/mol. The molecule has 0 saturated carbocycles. The van der Waals surface area contributed by atoms with Crippen LogP contribution in [0.15, 0.2) is 121 Å². The Labute approximate surface area is 185 Å². The highest BCUT2D eigenvalue weighted by atomic mass is 28.3. The molecule has 0 N–H and O–H groups in total. The Morgan fingerprint density at radius 1 is 0.567 bits per heavy atom. The molecule has 0 aliphatic heterocycles. The normalized spacial score (nSPS) is 12.4. The predicted octanol–water partition coefficient (Wildman–Crippen LogP) is 3.87. The third-order valence-electron chi connectivity index (χ3n) is 6.01. The molecular weight excluding hydrogens is 392 g/mol. The molecule has 0 saturated heterocycles. The van der Waals surface area contributed by atoms with Crippen LogP contribution in [0.25, 0.3) is 0 Å². The van der Waals surface area contributed by atoms with Crippen molar-refractivity contribution < 1.29 is 0 Å². The van der Waals surface area contributed by atoms with E-state index >= 15 is 0 Å². The minimum atomic E-state index is -1.30. The van der Waals surface area contributed by atoms with Gasteiger partial charge in [0, 0.05) is 0 Å². The highest BCUT2D eigenvalue weighted by molar-refractivity contribution is 6.93. The fourth-order valence-corrected chi connectivity index (χ4v) is 12.9. The van der Waals surface area contributed by atoms with Crippen LogP contribution in [0, 0.1) is 0 Å². The van der Waals surface area contributed by atoms with E-state index < -0.39 is 8.80 Å². The molecule has 1 unspecified atom stereocenters. The van der Waals surface area contributed by atoms with Crippen LogP contribution < -0.4 is 15.6 Å². The van der Waals surface area contributed by atoms with E-state index in [0.29, 0.717) is 0 Å². The van der Waals surface area contributed by atoms with Gasteiger partial charge in [-0.05, 0) is 23.6 Å². The van der Waals surface area contributed by atoms with E-state index in [-0.39, 0.29) is 9.52 Å². The van der Waals surface area contributed by atoms with Gasteiger partial charge in [0.1, 0.15) is 8.80 Å². The first-order valence-electron chi connectivity index (χ1n) is 11.1. The molecule has 0 fully saturated rings. The maximum atomic E-state index is 2.38. The first-order chi connectivity index (χ1) is 14.9. The zero-order valence-electron chi connectivity index (χ0n) is 17.5. The summed E-state index contributed by atoms with van der Waals surface area (Å²) in [6, 6.07) is 45.0. The van der Waals surface area contributed by atoms with Crippen molar-refractivity contribution in [2.75, 3.05) is 0 Å². The first kappa shape index (κ1) is 20.6. The minimum Gasteiger partial charge on any atom is -0.0669 e. The van der Waals surface area contributed by atoms with Crippen molar-refractivity contribution in [1.29, 1.82) is 0 Å². The molecule has 4 rings (SSSR count). The van der Waals surface area contributed by atoms with Crippen molar-refractivity contribution in [2.24, 2.45) is 0 Å². The summed E-state index contributed by atoms with van der Waals surface area (Å²) in [4.78, 5) is 0. The van der Waals surface area contributed by atoms with E-state index in [4.69, 9.17) is 0 Å². The van der Waals surface area contributed by atoms with Gasteiger partial charge in [-0.1, -0.05) is 143 Å². The Kier molecular flexibility index (Phi) is 7.48. The molecule has 1 atom stereocenters. The molecule has 4 aromatic carbocycles. The first-order valence-corrected chi connectivity index (χ1v) is 14.4. The van der Waals surface area contributed by atoms with Gasteiger partial charge in [-0.15, -0.1) is 0 Å². The van der Waals surface area contributed by atoms with E-state index in [2.05, 4.69) is 121 Å². The maximum absolute atomic E-state index is 2.38. The summed E-state index contributed by atoms with van der Waals surface area (Å²) in [6.45, 7) is 0. The van der Waals surface area contributed by atoms with Gasteiger partial charge in [0.15, 0.2) is 0 Å². The van der Waals surface area contributed by atoms with Crippen LogP contribution in [0.4, 0.5) is 0 Å². The van der Waals surface area contributed by atoms with Gasteiger partial charge in [0.2, 0.25) is 0 Å². The lowest BCUT2D eigenvalue weighted by molar-refractivity contribution is 0.766. The summed E-state index contributed by atoms with van der Waals surface area (Å²) in [5.74, 6) is 0. The van der Waals surface area contributed by atoms with Crippen LogP contribution in [0.5, 0.6) is 0 Å². The lowest BCUT2D eigenvalue weighted by Crippen LogP contribution is -2.49. The van der Waals surface area contributed by atoms with Gasteiger partial charge in [0.05, 0.1) is 9.52 Å². The van der Waals surface area contributed by atoms with E-state index in [1.54, 1.807) is 15.6 Å². The molecule has 0 aromatic heterocycles. The molecule has 0 bridgehead atoms. The van der Waals surface area contributed by atoms with Gasteiger partial charge in [-0.25, -0.2) is 0 Å². The molecule has 4 aromatic rings. The third kappa shape index (κ3) is 5.68. The van der Waals surface area contributed by atoms with Crippen LogP contribution in [0.1, 0.15) is 18.4 Å². The molecule has 0 spiro atoms. The molecule has 150 valence electrons. The van der Waals surface area contributed by atoms with E-state index in [0.717, 1.165) is 5.16 Å². The highest BCUT2D eigenvalue weighted by Crippen LogP contribution is 2.19. The summed E-state index contributed by atoms with van der Waals surface area (Å²) in [7, 11) is -1.67. The minimum absolute atomic E-state index is 0.371. The second kappa shape index (κ2) is 10.9. The lowest BCUT2D eigenvalue weighted by atomic mass is 10.1. The molecule has 0 radical (unpaired) electrons. The van der Waals surface area contributed by atoms with Crippen molar-refractivity contribution >= 4 is 33.9 Å². The molecule has 0 heterocycles. The van der Waals surface area contributed by atoms with Crippen LogP contribution >= 0.6 is 0 Å². The molecule has 0 aliphatic rings. The monoisotopic (exact) mass is 422 g/mol. The van der Waals surface area contributed by atoms with Crippen LogP contribution in [0.2, 0.25) is 5.16 Å². The van der Waals surface area contributed by atoms with E-state index in [1.807, 2.05) is 0 Å². The summed E-state index contributed by atoms with van der Waals surface area (Å²) < 4.78 is 0.